The number of anilines is 1. The van der Waals surface area contributed by atoms with Crippen molar-refractivity contribution in [2.24, 2.45) is 0 Å². The number of hydrogen-bond acceptors (Lipinski definition) is 5. The standard InChI is InChI=1S/C13H13F3N4O2S/c1-8(2)12-10(13(14,15)16)5-9(6-18-12)23(21,22)20-11-3-4-17-7-19-11/h3-8H,1-2H3,(H,17,19,20). The Balaban J connectivity index is 2.47. The SMILES string of the molecule is CC(C)c1ncc(S(=O)(=O)Nc2ccncn2)cc1C(F)(F)F. The Labute approximate surface area is 130 Å². The lowest BCUT2D eigenvalue weighted by Gasteiger charge is -2.16. The minimum absolute atomic E-state index is 0.0542. The van der Waals surface area contributed by atoms with Gasteiger partial charge in [-0.2, -0.15) is 13.2 Å². The van der Waals surface area contributed by atoms with E-state index in [2.05, 4.69) is 19.7 Å². The van der Waals surface area contributed by atoms with E-state index >= 15 is 0 Å². The molecule has 0 saturated heterocycles. The van der Waals surface area contributed by atoms with Crippen LogP contribution in [0.5, 0.6) is 0 Å². The fourth-order valence-electron chi connectivity index (χ4n) is 1.84. The number of rotatable bonds is 4. The molecule has 0 aliphatic carbocycles. The van der Waals surface area contributed by atoms with Crippen LogP contribution in [-0.2, 0) is 16.2 Å². The number of halogens is 3. The molecule has 124 valence electrons. The molecule has 1 N–H and O–H groups in total. The Morgan fingerprint density at radius 1 is 1.22 bits per heavy atom. The summed E-state index contributed by atoms with van der Waals surface area (Å²) in [4.78, 5) is 10.4. The van der Waals surface area contributed by atoms with Gasteiger partial charge in [0.1, 0.15) is 17.0 Å². The third-order valence-corrected chi connectivity index (χ3v) is 4.20. The molecule has 2 heterocycles. The highest BCUT2D eigenvalue weighted by Crippen LogP contribution is 2.35. The van der Waals surface area contributed by atoms with E-state index in [1.165, 1.54) is 12.3 Å². The zero-order chi connectivity index (χ0) is 17.3. The second-order valence-electron chi connectivity index (χ2n) is 4.96. The van der Waals surface area contributed by atoms with Gasteiger partial charge in [0, 0.05) is 12.4 Å². The van der Waals surface area contributed by atoms with Gasteiger partial charge in [-0.3, -0.25) is 9.71 Å². The smallest absolute Gasteiger partial charge is 0.263 e. The van der Waals surface area contributed by atoms with Gasteiger partial charge < -0.3 is 0 Å². The van der Waals surface area contributed by atoms with Gasteiger partial charge in [0.15, 0.2) is 0 Å². The molecule has 0 spiro atoms. The van der Waals surface area contributed by atoms with Gasteiger partial charge in [0.25, 0.3) is 10.0 Å². The predicted molar refractivity (Wildman–Crippen MR) is 76.2 cm³/mol. The molecule has 2 rings (SSSR count). The molecule has 2 aromatic rings. The predicted octanol–water partition coefficient (Wildman–Crippen LogP) is 2.81. The summed E-state index contributed by atoms with van der Waals surface area (Å²) in [5.41, 5.74) is -1.28. The molecule has 0 atom stereocenters. The summed E-state index contributed by atoms with van der Waals surface area (Å²) in [6.45, 7) is 3.09. The molecule has 0 aromatic carbocycles. The molecular weight excluding hydrogens is 333 g/mol. The van der Waals surface area contributed by atoms with Crippen molar-refractivity contribution in [1.29, 1.82) is 0 Å². The molecule has 0 aliphatic heterocycles. The molecular formula is C13H13F3N4O2S. The third-order valence-electron chi connectivity index (χ3n) is 2.88. The molecule has 10 heteroatoms. The largest absolute Gasteiger partial charge is 0.418 e. The average Bonchev–Trinajstić information content (AvgIpc) is 2.46. The second kappa shape index (κ2) is 6.11. The van der Waals surface area contributed by atoms with E-state index in [1.807, 2.05) is 0 Å². The number of hydrogen-bond donors (Lipinski definition) is 1. The minimum atomic E-state index is -4.70. The highest BCUT2D eigenvalue weighted by atomic mass is 32.2. The summed E-state index contributed by atoms with van der Waals surface area (Å²) in [5, 5.41) is 0. The number of pyridine rings is 1. The van der Waals surface area contributed by atoms with Crippen LogP contribution in [0, 0.1) is 0 Å². The lowest BCUT2D eigenvalue weighted by atomic mass is 10.0. The van der Waals surface area contributed by atoms with E-state index < -0.39 is 32.6 Å². The third kappa shape index (κ3) is 3.95. The summed E-state index contributed by atoms with van der Waals surface area (Å²) < 4.78 is 65.8. The molecule has 0 saturated carbocycles. The molecule has 6 nitrogen and oxygen atoms in total. The lowest BCUT2D eigenvalue weighted by Crippen LogP contribution is -2.18. The van der Waals surface area contributed by atoms with Crippen molar-refractivity contribution in [1.82, 2.24) is 15.0 Å². The maximum absolute atomic E-state index is 13.1. The van der Waals surface area contributed by atoms with E-state index in [4.69, 9.17) is 0 Å². The molecule has 0 radical (unpaired) electrons. The molecule has 0 bridgehead atoms. The maximum Gasteiger partial charge on any atom is 0.418 e. The molecule has 0 aliphatic rings. The van der Waals surface area contributed by atoms with E-state index in [0.717, 1.165) is 12.5 Å². The number of aromatic nitrogens is 3. The Hall–Kier alpha value is -2.23. The second-order valence-corrected chi connectivity index (χ2v) is 6.64. The van der Waals surface area contributed by atoms with E-state index in [1.54, 1.807) is 13.8 Å². The molecule has 0 amide bonds. The van der Waals surface area contributed by atoms with Crippen LogP contribution in [0.15, 0.2) is 35.7 Å². The summed E-state index contributed by atoms with van der Waals surface area (Å²) >= 11 is 0. The highest BCUT2D eigenvalue weighted by molar-refractivity contribution is 7.92. The van der Waals surface area contributed by atoms with Crippen LogP contribution < -0.4 is 4.72 Å². The number of sulfonamides is 1. The van der Waals surface area contributed by atoms with Gasteiger partial charge in [0.2, 0.25) is 0 Å². The number of alkyl halides is 3. The lowest BCUT2D eigenvalue weighted by molar-refractivity contribution is -0.138. The van der Waals surface area contributed by atoms with Crippen LogP contribution in [0.3, 0.4) is 0 Å². The normalized spacial score (nSPS) is 12.4. The quantitative estimate of drug-likeness (QED) is 0.920. The number of nitrogens with zero attached hydrogens (tertiary/aromatic N) is 3. The Morgan fingerprint density at radius 3 is 2.43 bits per heavy atom. The van der Waals surface area contributed by atoms with Crippen LogP contribution in [0.4, 0.5) is 19.0 Å². The van der Waals surface area contributed by atoms with Gasteiger partial charge in [-0.05, 0) is 18.1 Å². The summed E-state index contributed by atoms with van der Waals surface area (Å²) in [5.74, 6) is -0.556. The molecule has 23 heavy (non-hydrogen) atoms. The Kier molecular flexibility index (Phi) is 4.55. The first-order chi connectivity index (χ1) is 10.6. The van der Waals surface area contributed by atoms with Crippen molar-refractivity contribution < 1.29 is 21.6 Å². The topological polar surface area (TPSA) is 84.8 Å². The monoisotopic (exact) mass is 346 g/mol. The van der Waals surface area contributed by atoms with Crippen molar-refractivity contribution in [3.8, 4) is 0 Å². The van der Waals surface area contributed by atoms with Crippen LogP contribution in [-0.4, -0.2) is 23.4 Å². The first-order valence-electron chi connectivity index (χ1n) is 6.47. The highest BCUT2D eigenvalue weighted by Gasteiger charge is 2.36. The minimum Gasteiger partial charge on any atom is -0.263 e. The summed E-state index contributed by atoms with van der Waals surface area (Å²) in [6.07, 6.45) is -1.40. The first kappa shape index (κ1) is 17.1. The summed E-state index contributed by atoms with van der Waals surface area (Å²) in [6, 6.07) is 1.85. The fourth-order valence-corrected chi connectivity index (χ4v) is 2.82. The number of nitrogens with one attached hydrogen (secondary N) is 1. The molecule has 0 unspecified atom stereocenters. The van der Waals surface area contributed by atoms with Crippen LogP contribution in [0.2, 0.25) is 0 Å². The van der Waals surface area contributed by atoms with Gasteiger partial charge in [-0.15, -0.1) is 0 Å². The van der Waals surface area contributed by atoms with Gasteiger partial charge in [0.05, 0.1) is 11.3 Å². The van der Waals surface area contributed by atoms with Gasteiger partial charge in [-0.1, -0.05) is 13.8 Å². The van der Waals surface area contributed by atoms with Crippen molar-refractivity contribution in [2.45, 2.75) is 30.8 Å². The maximum atomic E-state index is 13.1. The zero-order valence-corrected chi connectivity index (χ0v) is 13.0. The van der Waals surface area contributed by atoms with Crippen molar-refractivity contribution >= 4 is 15.8 Å². The average molecular weight is 346 g/mol. The van der Waals surface area contributed by atoms with E-state index in [9.17, 15) is 21.6 Å². The van der Waals surface area contributed by atoms with Crippen LogP contribution in [0.25, 0.3) is 0 Å². The first-order valence-corrected chi connectivity index (χ1v) is 7.95. The molecule has 0 fully saturated rings. The molecule has 2 aromatic heterocycles. The zero-order valence-electron chi connectivity index (χ0n) is 12.2. The van der Waals surface area contributed by atoms with Crippen molar-refractivity contribution in [2.75, 3.05) is 4.72 Å². The Bertz CT molecular complexity index is 793. The van der Waals surface area contributed by atoms with Crippen molar-refractivity contribution in [3.63, 3.8) is 0 Å². The van der Waals surface area contributed by atoms with Crippen LogP contribution in [0.1, 0.15) is 31.0 Å². The fraction of sp³-hybridized carbons (Fsp3) is 0.308. The van der Waals surface area contributed by atoms with Gasteiger partial charge in [-0.25, -0.2) is 18.4 Å². The van der Waals surface area contributed by atoms with Crippen molar-refractivity contribution in [3.05, 3.63) is 42.1 Å². The van der Waals surface area contributed by atoms with Crippen LogP contribution >= 0.6 is 0 Å². The van der Waals surface area contributed by atoms with Gasteiger partial charge >= 0.3 is 6.18 Å². The Morgan fingerprint density at radius 2 is 1.91 bits per heavy atom. The van der Waals surface area contributed by atoms with E-state index in [-0.39, 0.29) is 11.5 Å². The van der Waals surface area contributed by atoms with E-state index in [0.29, 0.717) is 6.07 Å². The summed E-state index contributed by atoms with van der Waals surface area (Å²) in [7, 11) is -4.24.